The summed E-state index contributed by atoms with van der Waals surface area (Å²) >= 11 is 0. The van der Waals surface area contributed by atoms with Crippen molar-refractivity contribution in [3.8, 4) is 5.75 Å². The summed E-state index contributed by atoms with van der Waals surface area (Å²) in [6.45, 7) is 0.974. The zero-order valence-electron chi connectivity index (χ0n) is 12.3. The number of methoxy groups -OCH3 is 1. The van der Waals surface area contributed by atoms with E-state index in [1.165, 1.54) is 6.07 Å². The minimum atomic E-state index is -0.321. The Morgan fingerprint density at radius 2 is 1.81 bits per heavy atom. The van der Waals surface area contributed by atoms with Gasteiger partial charge in [-0.25, -0.2) is 4.39 Å². The van der Waals surface area contributed by atoms with Crippen LogP contribution in [0.1, 0.15) is 17.2 Å². The van der Waals surface area contributed by atoms with Crippen LogP contribution in [0.2, 0.25) is 0 Å². The van der Waals surface area contributed by atoms with E-state index in [2.05, 4.69) is 5.32 Å². The van der Waals surface area contributed by atoms with Gasteiger partial charge in [0.05, 0.1) is 19.8 Å². The van der Waals surface area contributed by atoms with Crippen molar-refractivity contribution in [2.24, 2.45) is 0 Å². The fraction of sp³-hybridized carbons (Fsp3) is 0.294. The van der Waals surface area contributed by atoms with Crippen molar-refractivity contribution < 1.29 is 13.9 Å². The van der Waals surface area contributed by atoms with Crippen molar-refractivity contribution in [3.05, 3.63) is 65.5 Å². The molecule has 1 N–H and O–H groups in total. The third kappa shape index (κ3) is 4.28. The minimum absolute atomic E-state index is 0.243. The van der Waals surface area contributed by atoms with Gasteiger partial charge in [0.25, 0.3) is 0 Å². The number of hydrogen-bond acceptors (Lipinski definition) is 3. The molecule has 1 unspecified atom stereocenters. The first-order valence-corrected chi connectivity index (χ1v) is 6.88. The molecule has 2 rings (SSSR count). The van der Waals surface area contributed by atoms with E-state index in [4.69, 9.17) is 9.47 Å². The maximum Gasteiger partial charge on any atom is 0.129 e. The largest absolute Gasteiger partial charge is 0.497 e. The van der Waals surface area contributed by atoms with Crippen LogP contribution < -0.4 is 10.1 Å². The molecule has 4 heteroatoms. The van der Waals surface area contributed by atoms with Gasteiger partial charge in [-0.05, 0) is 30.8 Å². The van der Waals surface area contributed by atoms with E-state index < -0.39 is 0 Å². The Hall–Kier alpha value is -1.91. The van der Waals surface area contributed by atoms with Crippen molar-refractivity contribution in [1.82, 2.24) is 5.32 Å². The van der Waals surface area contributed by atoms with Gasteiger partial charge in [0, 0.05) is 12.1 Å². The van der Waals surface area contributed by atoms with Gasteiger partial charge in [-0.2, -0.15) is 0 Å². The molecule has 0 fully saturated rings. The Kier molecular flexibility index (Phi) is 5.72. The van der Waals surface area contributed by atoms with E-state index in [0.717, 1.165) is 11.3 Å². The minimum Gasteiger partial charge on any atom is -0.497 e. The lowest BCUT2D eigenvalue weighted by atomic mass is 10.1. The van der Waals surface area contributed by atoms with Gasteiger partial charge < -0.3 is 14.8 Å². The van der Waals surface area contributed by atoms with Crippen molar-refractivity contribution in [2.45, 2.75) is 12.7 Å². The van der Waals surface area contributed by atoms with Crippen LogP contribution in [-0.2, 0) is 11.3 Å². The summed E-state index contributed by atoms with van der Waals surface area (Å²) in [5.74, 6) is 0.562. The molecule has 0 radical (unpaired) electrons. The van der Waals surface area contributed by atoms with Gasteiger partial charge in [-0.15, -0.1) is 0 Å². The van der Waals surface area contributed by atoms with E-state index in [-0.39, 0.29) is 11.9 Å². The molecule has 0 amide bonds. The highest BCUT2D eigenvalue weighted by Gasteiger charge is 2.15. The number of halogens is 1. The lowest BCUT2D eigenvalue weighted by molar-refractivity contribution is 0.0387. The van der Waals surface area contributed by atoms with E-state index in [9.17, 15) is 4.39 Å². The summed E-state index contributed by atoms with van der Waals surface area (Å²) in [5.41, 5.74) is 1.59. The zero-order chi connectivity index (χ0) is 15.1. The Balaban J connectivity index is 2.04. The summed E-state index contributed by atoms with van der Waals surface area (Å²) in [6, 6.07) is 14.4. The summed E-state index contributed by atoms with van der Waals surface area (Å²) in [7, 11) is 3.46. The normalized spacial score (nSPS) is 12.1. The molecular weight excluding hydrogens is 269 g/mol. The molecule has 3 nitrogen and oxygen atoms in total. The molecule has 2 aromatic rings. The lowest BCUT2D eigenvalue weighted by Gasteiger charge is -2.19. The average molecular weight is 289 g/mol. The van der Waals surface area contributed by atoms with Crippen LogP contribution in [0.25, 0.3) is 0 Å². The Morgan fingerprint density at radius 3 is 2.43 bits per heavy atom. The van der Waals surface area contributed by atoms with Gasteiger partial charge in [0.1, 0.15) is 11.6 Å². The molecular formula is C17H20FNO2. The molecule has 2 aromatic carbocycles. The number of benzene rings is 2. The van der Waals surface area contributed by atoms with E-state index >= 15 is 0 Å². The molecule has 0 saturated heterocycles. The molecule has 0 aliphatic carbocycles. The van der Waals surface area contributed by atoms with Crippen molar-refractivity contribution in [1.29, 1.82) is 0 Å². The average Bonchev–Trinajstić information content (AvgIpc) is 2.53. The Bertz CT molecular complexity index is 557. The lowest BCUT2D eigenvalue weighted by Crippen LogP contribution is -2.20. The number of rotatable bonds is 7. The van der Waals surface area contributed by atoms with E-state index in [0.29, 0.717) is 18.7 Å². The third-order valence-corrected chi connectivity index (χ3v) is 3.25. The van der Waals surface area contributed by atoms with Crippen molar-refractivity contribution in [2.75, 3.05) is 20.7 Å². The molecule has 0 saturated carbocycles. The first-order valence-electron chi connectivity index (χ1n) is 6.88. The van der Waals surface area contributed by atoms with Crippen LogP contribution in [0.3, 0.4) is 0 Å². The molecule has 0 spiro atoms. The molecule has 112 valence electrons. The van der Waals surface area contributed by atoms with Crippen LogP contribution in [0.4, 0.5) is 4.39 Å². The van der Waals surface area contributed by atoms with Crippen LogP contribution in [0.5, 0.6) is 5.75 Å². The third-order valence-electron chi connectivity index (χ3n) is 3.25. The Labute approximate surface area is 124 Å². The van der Waals surface area contributed by atoms with Crippen molar-refractivity contribution >= 4 is 0 Å². The maximum atomic E-state index is 13.9. The molecule has 0 heterocycles. The number of hydrogen-bond donors (Lipinski definition) is 1. The topological polar surface area (TPSA) is 30.5 Å². The standard InChI is InChI=1S/C17H20FNO2/c1-19-11-17(15-5-3-4-6-16(15)18)21-12-13-7-9-14(20-2)10-8-13/h3-10,17,19H,11-12H2,1-2H3. The molecule has 0 bridgehead atoms. The maximum absolute atomic E-state index is 13.9. The smallest absolute Gasteiger partial charge is 0.129 e. The van der Waals surface area contributed by atoms with Crippen molar-refractivity contribution in [3.63, 3.8) is 0 Å². The molecule has 21 heavy (non-hydrogen) atoms. The van der Waals surface area contributed by atoms with Gasteiger partial charge in [0.15, 0.2) is 0 Å². The van der Waals surface area contributed by atoms with Gasteiger partial charge in [-0.1, -0.05) is 30.3 Å². The predicted molar refractivity (Wildman–Crippen MR) is 80.9 cm³/mol. The van der Waals surface area contributed by atoms with Gasteiger partial charge in [-0.3, -0.25) is 0 Å². The number of nitrogens with one attached hydrogen (secondary N) is 1. The monoisotopic (exact) mass is 289 g/mol. The predicted octanol–water partition coefficient (Wildman–Crippen LogP) is 3.31. The summed E-state index contributed by atoms with van der Waals surface area (Å²) in [4.78, 5) is 0. The van der Waals surface area contributed by atoms with Crippen LogP contribution >= 0.6 is 0 Å². The summed E-state index contributed by atoms with van der Waals surface area (Å²) < 4.78 is 24.8. The van der Waals surface area contributed by atoms with Crippen LogP contribution in [0, 0.1) is 5.82 Å². The first kappa shape index (κ1) is 15.5. The van der Waals surface area contributed by atoms with E-state index in [1.54, 1.807) is 19.2 Å². The second-order valence-electron chi connectivity index (χ2n) is 4.73. The van der Waals surface area contributed by atoms with Gasteiger partial charge in [0.2, 0.25) is 0 Å². The van der Waals surface area contributed by atoms with Crippen LogP contribution in [0.15, 0.2) is 48.5 Å². The second kappa shape index (κ2) is 7.76. The molecule has 0 aromatic heterocycles. The highest BCUT2D eigenvalue weighted by atomic mass is 19.1. The SMILES string of the molecule is CNCC(OCc1ccc(OC)cc1)c1ccccc1F. The number of likely N-dealkylation sites (N-methyl/N-ethyl adjacent to an activating group) is 1. The fourth-order valence-corrected chi connectivity index (χ4v) is 2.10. The Morgan fingerprint density at radius 1 is 1.10 bits per heavy atom. The summed E-state index contributed by atoms with van der Waals surface area (Å²) in [6.07, 6.45) is -0.321. The molecule has 0 aliphatic rings. The molecule has 0 aliphatic heterocycles. The zero-order valence-corrected chi connectivity index (χ0v) is 12.3. The van der Waals surface area contributed by atoms with Crippen LogP contribution in [-0.4, -0.2) is 20.7 Å². The molecule has 1 atom stereocenters. The highest BCUT2D eigenvalue weighted by molar-refractivity contribution is 5.27. The summed E-state index contributed by atoms with van der Waals surface area (Å²) in [5, 5.41) is 3.04. The first-order chi connectivity index (χ1) is 10.2. The number of ether oxygens (including phenoxy) is 2. The fourth-order valence-electron chi connectivity index (χ4n) is 2.10. The van der Waals surface area contributed by atoms with Gasteiger partial charge >= 0.3 is 0 Å². The van der Waals surface area contributed by atoms with E-state index in [1.807, 2.05) is 37.4 Å². The highest BCUT2D eigenvalue weighted by Crippen LogP contribution is 2.22. The quantitative estimate of drug-likeness (QED) is 0.848. The second-order valence-corrected chi connectivity index (χ2v) is 4.73.